The number of hydrogen-bond donors (Lipinski definition) is 1. The molecule has 2 rings (SSSR count). The van der Waals surface area contributed by atoms with E-state index >= 15 is 0 Å². The Morgan fingerprint density at radius 3 is 2.16 bits per heavy atom. The first kappa shape index (κ1) is 15.9. The van der Waals surface area contributed by atoms with Gasteiger partial charge in [-0.05, 0) is 43.6 Å². The maximum atomic E-state index is 12.0. The monoisotopic (exact) mass is 293 g/mol. The summed E-state index contributed by atoms with van der Waals surface area (Å²) in [6.07, 6.45) is -0.630. The Bertz CT molecular complexity index is 421. The second kappa shape index (κ2) is 6.82. The van der Waals surface area contributed by atoms with E-state index < -0.39 is 6.36 Å². The summed E-state index contributed by atoms with van der Waals surface area (Å²) in [5.41, 5.74) is 2.22. The third-order valence-electron chi connectivity index (χ3n) is 2.73. The van der Waals surface area contributed by atoms with E-state index in [0.29, 0.717) is 0 Å². The molecular weight excluding hydrogens is 279 g/mol. The highest BCUT2D eigenvalue weighted by atomic mass is 35.5. The number of alkyl halides is 3. The van der Waals surface area contributed by atoms with Crippen molar-refractivity contribution < 1.29 is 17.9 Å². The van der Waals surface area contributed by atoms with Gasteiger partial charge < -0.3 is 10.1 Å². The molecule has 1 aromatic rings. The van der Waals surface area contributed by atoms with Crippen LogP contribution in [0.15, 0.2) is 29.8 Å². The van der Waals surface area contributed by atoms with E-state index in [1.165, 1.54) is 17.7 Å². The highest BCUT2D eigenvalue weighted by Gasteiger charge is 2.30. The first-order valence-corrected chi connectivity index (χ1v) is 5.79. The van der Waals surface area contributed by atoms with Gasteiger partial charge in [0.1, 0.15) is 5.75 Å². The van der Waals surface area contributed by atoms with E-state index in [1.807, 2.05) is 6.08 Å². The number of nitrogens with one attached hydrogen (secondary N) is 1. The molecule has 1 aliphatic heterocycles. The van der Waals surface area contributed by atoms with Gasteiger partial charge in [0.15, 0.2) is 0 Å². The van der Waals surface area contributed by atoms with Gasteiger partial charge in [-0.15, -0.1) is 25.6 Å². The van der Waals surface area contributed by atoms with Crippen LogP contribution in [0.3, 0.4) is 0 Å². The van der Waals surface area contributed by atoms with Crippen LogP contribution in [0, 0.1) is 0 Å². The van der Waals surface area contributed by atoms with Crippen molar-refractivity contribution >= 4 is 18.5 Å². The van der Waals surface area contributed by atoms with Crippen LogP contribution in [0.4, 0.5) is 13.2 Å². The standard InChI is InChI=1S/C13H14F3NO.ClH/c14-13(15,16)18-12-3-1-10(2-4-12)9-11-5-7-17-8-6-11;/h1-4,9,17H,5-8H2;1H. The van der Waals surface area contributed by atoms with E-state index in [2.05, 4.69) is 10.1 Å². The molecule has 6 heteroatoms. The smallest absolute Gasteiger partial charge is 0.406 e. The number of piperidine rings is 1. The van der Waals surface area contributed by atoms with Crippen molar-refractivity contribution in [2.24, 2.45) is 0 Å². The van der Waals surface area contributed by atoms with Crippen molar-refractivity contribution in [3.05, 3.63) is 35.4 Å². The molecule has 0 spiro atoms. The summed E-state index contributed by atoms with van der Waals surface area (Å²) in [6.45, 7) is 1.92. The molecule has 1 fully saturated rings. The van der Waals surface area contributed by atoms with E-state index in [1.54, 1.807) is 12.1 Å². The van der Waals surface area contributed by atoms with Gasteiger partial charge in [0.2, 0.25) is 0 Å². The van der Waals surface area contributed by atoms with Crippen molar-refractivity contribution in [1.29, 1.82) is 0 Å². The molecule has 0 saturated carbocycles. The highest BCUT2D eigenvalue weighted by Crippen LogP contribution is 2.24. The Balaban J connectivity index is 0.00000180. The largest absolute Gasteiger partial charge is 0.573 e. The Hall–Kier alpha value is -1.20. The molecule has 1 saturated heterocycles. The minimum absolute atomic E-state index is 0. The molecule has 19 heavy (non-hydrogen) atoms. The lowest BCUT2D eigenvalue weighted by Crippen LogP contribution is -2.22. The fourth-order valence-corrected chi connectivity index (χ4v) is 1.89. The zero-order valence-corrected chi connectivity index (χ0v) is 11.0. The average molecular weight is 294 g/mol. The lowest BCUT2D eigenvalue weighted by Gasteiger charge is -2.15. The lowest BCUT2D eigenvalue weighted by molar-refractivity contribution is -0.274. The molecule has 1 heterocycles. The molecular formula is C13H15ClF3NO. The SMILES string of the molecule is Cl.FC(F)(F)Oc1ccc(C=C2CCNCC2)cc1. The first-order chi connectivity index (χ1) is 8.53. The fraction of sp³-hybridized carbons (Fsp3) is 0.385. The maximum Gasteiger partial charge on any atom is 0.573 e. The van der Waals surface area contributed by atoms with Gasteiger partial charge in [0.05, 0.1) is 0 Å². The Morgan fingerprint density at radius 2 is 1.63 bits per heavy atom. The average Bonchev–Trinajstić information content (AvgIpc) is 2.31. The van der Waals surface area contributed by atoms with Crippen LogP contribution in [0.5, 0.6) is 5.75 Å². The fourth-order valence-electron chi connectivity index (χ4n) is 1.89. The van der Waals surface area contributed by atoms with Gasteiger partial charge in [-0.3, -0.25) is 0 Å². The molecule has 0 amide bonds. The van der Waals surface area contributed by atoms with E-state index in [0.717, 1.165) is 31.5 Å². The van der Waals surface area contributed by atoms with Gasteiger partial charge in [0.25, 0.3) is 0 Å². The quantitative estimate of drug-likeness (QED) is 0.896. The molecule has 0 unspecified atom stereocenters. The van der Waals surface area contributed by atoms with Crippen molar-refractivity contribution in [3.63, 3.8) is 0 Å². The van der Waals surface area contributed by atoms with E-state index in [4.69, 9.17) is 0 Å². The zero-order valence-electron chi connectivity index (χ0n) is 10.2. The number of hydrogen-bond acceptors (Lipinski definition) is 2. The molecule has 0 atom stereocenters. The van der Waals surface area contributed by atoms with Crippen LogP contribution in [0.1, 0.15) is 18.4 Å². The second-order valence-electron chi connectivity index (χ2n) is 4.17. The van der Waals surface area contributed by atoms with Crippen LogP contribution in [-0.4, -0.2) is 19.5 Å². The normalized spacial score (nSPS) is 15.6. The van der Waals surface area contributed by atoms with E-state index in [-0.39, 0.29) is 18.2 Å². The van der Waals surface area contributed by atoms with Crippen LogP contribution in [0.25, 0.3) is 6.08 Å². The summed E-state index contributed by atoms with van der Waals surface area (Å²) in [6, 6.07) is 5.94. The van der Waals surface area contributed by atoms with E-state index in [9.17, 15) is 13.2 Å². The van der Waals surface area contributed by atoms with Crippen molar-refractivity contribution in [2.75, 3.05) is 13.1 Å². The highest BCUT2D eigenvalue weighted by molar-refractivity contribution is 5.85. The van der Waals surface area contributed by atoms with Crippen LogP contribution in [0.2, 0.25) is 0 Å². The predicted molar refractivity (Wildman–Crippen MR) is 70.5 cm³/mol. The molecule has 0 aromatic heterocycles. The molecule has 106 valence electrons. The number of rotatable bonds is 2. The van der Waals surface area contributed by atoms with Crippen LogP contribution >= 0.6 is 12.4 Å². The Labute approximate surface area is 116 Å². The summed E-state index contributed by atoms with van der Waals surface area (Å²) >= 11 is 0. The van der Waals surface area contributed by atoms with Crippen LogP contribution in [-0.2, 0) is 0 Å². The van der Waals surface area contributed by atoms with Gasteiger partial charge in [0, 0.05) is 0 Å². The lowest BCUT2D eigenvalue weighted by atomic mass is 10.0. The molecule has 0 aliphatic carbocycles. The number of ether oxygens (including phenoxy) is 1. The van der Waals surface area contributed by atoms with Gasteiger partial charge in [-0.2, -0.15) is 0 Å². The minimum Gasteiger partial charge on any atom is -0.406 e. The number of benzene rings is 1. The van der Waals surface area contributed by atoms with Crippen molar-refractivity contribution in [1.82, 2.24) is 5.32 Å². The molecule has 0 bridgehead atoms. The van der Waals surface area contributed by atoms with Gasteiger partial charge >= 0.3 is 6.36 Å². The van der Waals surface area contributed by atoms with Gasteiger partial charge in [-0.1, -0.05) is 23.8 Å². The maximum absolute atomic E-state index is 12.0. The molecule has 1 aliphatic rings. The molecule has 2 nitrogen and oxygen atoms in total. The topological polar surface area (TPSA) is 21.3 Å². The molecule has 1 N–H and O–H groups in total. The zero-order chi connectivity index (χ0) is 13.0. The Kier molecular flexibility index (Phi) is 5.69. The first-order valence-electron chi connectivity index (χ1n) is 5.79. The summed E-state index contributed by atoms with van der Waals surface area (Å²) < 4.78 is 39.7. The molecule has 0 radical (unpaired) electrons. The second-order valence-corrected chi connectivity index (χ2v) is 4.17. The summed E-state index contributed by atoms with van der Waals surface area (Å²) in [5.74, 6) is -0.185. The molecule has 1 aromatic carbocycles. The minimum atomic E-state index is -4.63. The van der Waals surface area contributed by atoms with Crippen molar-refractivity contribution in [3.8, 4) is 5.75 Å². The van der Waals surface area contributed by atoms with Crippen molar-refractivity contribution in [2.45, 2.75) is 19.2 Å². The predicted octanol–water partition coefficient (Wildman–Crippen LogP) is 3.77. The number of halogens is 4. The summed E-state index contributed by atoms with van der Waals surface area (Å²) in [5, 5.41) is 3.25. The van der Waals surface area contributed by atoms with Gasteiger partial charge in [-0.25, -0.2) is 0 Å². The Morgan fingerprint density at radius 1 is 1.05 bits per heavy atom. The summed E-state index contributed by atoms with van der Waals surface area (Å²) in [7, 11) is 0. The third-order valence-corrected chi connectivity index (χ3v) is 2.73. The summed E-state index contributed by atoms with van der Waals surface area (Å²) in [4.78, 5) is 0. The van der Waals surface area contributed by atoms with Crippen LogP contribution < -0.4 is 10.1 Å². The third kappa shape index (κ3) is 5.53.